The molecule has 0 atom stereocenters. The molecule has 1 radical (unpaired) electrons. The Kier molecular flexibility index (Phi) is 3.55. The molecule has 0 bridgehead atoms. The van der Waals surface area contributed by atoms with Gasteiger partial charge in [0.05, 0.1) is 4.90 Å². The molecule has 0 fully saturated rings. The van der Waals surface area contributed by atoms with E-state index in [9.17, 15) is 0 Å². The lowest BCUT2D eigenvalue weighted by molar-refractivity contribution is 1.20. The molecule has 11 heavy (non-hydrogen) atoms. The van der Waals surface area contributed by atoms with E-state index in [1.807, 2.05) is 12.3 Å². The minimum Gasteiger partial charge on any atom is -0.130 e. The molecule has 3 heteroatoms. The highest BCUT2D eigenvalue weighted by Gasteiger charge is 1.98. The van der Waals surface area contributed by atoms with Crippen molar-refractivity contribution in [2.24, 2.45) is 0 Å². The van der Waals surface area contributed by atoms with Crippen LogP contribution >= 0.6 is 36.2 Å². The van der Waals surface area contributed by atoms with E-state index >= 15 is 0 Å². The summed E-state index contributed by atoms with van der Waals surface area (Å²) in [7, 11) is 0. The van der Waals surface area contributed by atoms with Gasteiger partial charge in [0.1, 0.15) is 0 Å². The highest BCUT2D eigenvalue weighted by Crippen LogP contribution is 2.27. The molecule has 0 spiro atoms. The second-order valence-corrected chi connectivity index (χ2v) is 4.18. The van der Waals surface area contributed by atoms with Gasteiger partial charge in [-0.15, -0.1) is 23.5 Å². The zero-order valence-corrected chi connectivity index (χ0v) is 8.91. The van der Waals surface area contributed by atoms with E-state index in [0.29, 0.717) is 0 Å². The van der Waals surface area contributed by atoms with Crippen LogP contribution in [0, 0.1) is 0 Å². The highest BCUT2D eigenvalue weighted by atomic mass is 32.2. The second kappa shape index (κ2) is 4.24. The molecule has 1 aromatic carbocycles. The van der Waals surface area contributed by atoms with Crippen molar-refractivity contribution in [3.63, 3.8) is 0 Å². The molecule has 0 saturated heterocycles. The monoisotopic (exact) mass is 201 g/mol. The van der Waals surface area contributed by atoms with Gasteiger partial charge in [-0.25, -0.2) is 0 Å². The van der Waals surface area contributed by atoms with Crippen molar-refractivity contribution in [3.05, 3.63) is 18.2 Å². The number of rotatable bonds is 2. The van der Waals surface area contributed by atoms with E-state index in [1.165, 1.54) is 9.79 Å². The van der Waals surface area contributed by atoms with E-state index in [2.05, 4.69) is 18.4 Å². The Morgan fingerprint density at radius 2 is 1.91 bits per heavy atom. The van der Waals surface area contributed by atoms with Gasteiger partial charge in [0, 0.05) is 9.79 Å². The average Bonchev–Trinajstić information content (AvgIpc) is 2.04. The number of hydrogen-bond acceptors (Lipinski definition) is 2. The van der Waals surface area contributed by atoms with Crippen molar-refractivity contribution in [2.75, 3.05) is 12.5 Å². The number of benzene rings is 1. The second-order valence-electron chi connectivity index (χ2n) is 2.02. The largest absolute Gasteiger partial charge is 0.130 e. The van der Waals surface area contributed by atoms with Gasteiger partial charge in [-0.2, -0.15) is 0 Å². The summed E-state index contributed by atoms with van der Waals surface area (Å²) in [6.07, 6.45) is 4.10. The van der Waals surface area contributed by atoms with Crippen LogP contribution in [0.1, 0.15) is 0 Å². The molecule has 0 aromatic heterocycles. The van der Waals surface area contributed by atoms with E-state index < -0.39 is 0 Å². The van der Waals surface area contributed by atoms with Crippen molar-refractivity contribution in [1.29, 1.82) is 0 Å². The van der Waals surface area contributed by atoms with Crippen LogP contribution in [-0.2, 0) is 0 Å². The number of hydrogen-bond donors (Lipinski definition) is 0. The van der Waals surface area contributed by atoms with Crippen molar-refractivity contribution < 1.29 is 0 Å². The molecule has 0 aliphatic carbocycles. The van der Waals surface area contributed by atoms with Crippen molar-refractivity contribution >= 4 is 36.2 Å². The van der Waals surface area contributed by atoms with Crippen LogP contribution in [-0.4, -0.2) is 12.5 Å². The normalized spacial score (nSPS) is 10.0. The van der Waals surface area contributed by atoms with Crippen LogP contribution in [0.2, 0.25) is 0 Å². The number of thioether (sulfide) groups is 2. The van der Waals surface area contributed by atoms with E-state index in [1.54, 1.807) is 23.5 Å². The Labute approximate surface area is 81.6 Å². The molecule has 1 rings (SSSR count). The van der Waals surface area contributed by atoms with Gasteiger partial charge in [0.2, 0.25) is 0 Å². The zero-order valence-electron chi connectivity index (χ0n) is 6.46. The first-order valence-electron chi connectivity index (χ1n) is 3.17. The van der Waals surface area contributed by atoms with Gasteiger partial charge in [0.15, 0.2) is 0 Å². The molecule has 0 amide bonds. The third kappa shape index (κ3) is 2.29. The molecular weight excluding hydrogens is 192 g/mol. The minimum atomic E-state index is 0.962. The summed E-state index contributed by atoms with van der Waals surface area (Å²) in [5.41, 5.74) is 0. The predicted molar refractivity (Wildman–Crippen MR) is 55.9 cm³/mol. The van der Waals surface area contributed by atoms with Gasteiger partial charge in [0.25, 0.3) is 0 Å². The molecule has 0 saturated carbocycles. The topological polar surface area (TPSA) is 0 Å². The van der Waals surface area contributed by atoms with Crippen LogP contribution in [0.5, 0.6) is 0 Å². The average molecular weight is 201 g/mol. The summed E-state index contributed by atoms with van der Waals surface area (Å²) < 4.78 is 0. The lowest BCUT2D eigenvalue weighted by Crippen LogP contribution is -1.75. The molecule has 59 valence electrons. The van der Waals surface area contributed by atoms with Gasteiger partial charge in [-0.1, -0.05) is 12.6 Å². The Hall–Kier alpha value is 0.140. The predicted octanol–water partition coefficient (Wildman–Crippen LogP) is 3.69. The fourth-order valence-electron chi connectivity index (χ4n) is 0.784. The first kappa shape index (κ1) is 9.23. The Bertz CT molecular complexity index is 245. The molecule has 0 aliphatic rings. The lowest BCUT2D eigenvalue weighted by atomic mass is 10.4. The maximum absolute atomic E-state index is 5.17. The standard InChI is InChI=1S/C8H9S3/c1-10-6-3-4-8(11-2)7(9)5-6/h3-5H,1-2H3. The van der Waals surface area contributed by atoms with Crippen LogP contribution in [0.3, 0.4) is 0 Å². The van der Waals surface area contributed by atoms with Crippen LogP contribution in [0.4, 0.5) is 0 Å². The van der Waals surface area contributed by atoms with Crippen molar-refractivity contribution in [1.82, 2.24) is 0 Å². The zero-order chi connectivity index (χ0) is 8.27. The Balaban J connectivity index is 2.99. The maximum Gasteiger partial charge on any atom is 0.0523 e. The molecule has 0 heterocycles. The molecule has 0 aliphatic heterocycles. The summed E-state index contributed by atoms with van der Waals surface area (Å²) in [6, 6.07) is 6.23. The molecule has 1 aromatic rings. The summed E-state index contributed by atoms with van der Waals surface area (Å²) in [5, 5.41) is 0. The van der Waals surface area contributed by atoms with Crippen molar-refractivity contribution in [3.8, 4) is 0 Å². The molecule has 0 N–H and O–H groups in total. The van der Waals surface area contributed by atoms with E-state index in [0.717, 1.165) is 4.90 Å². The fraction of sp³-hybridized carbons (Fsp3) is 0.250. The lowest BCUT2D eigenvalue weighted by Gasteiger charge is -2.01. The van der Waals surface area contributed by atoms with Gasteiger partial charge < -0.3 is 0 Å². The van der Waals surface area contributed by atoms with Crippen LogP contribution in [0.15, 0.2) is 32.9 Å². The summed E-state index contributed by atoms with van der Waals surface area (Å²) in [5.74, 6) is 0. The molecule has 0 nitrogen and oxygen atoms in total. The van der Waals surface area contributed by atoms with Crippen LogP contribution in [0.25, 0.3) is 0 Å². The minimum absolute atomic E-state index is 0.962. The van der Waals surface area contributed by atoms with Gasteiger partial charge >= 0.3 is 0 Å². The first-order chi connectivity index (χ1) is 5.27. The summed E-state index contributed by atoms with van der Waals surface area (Å²) >= 11 is 8.60. The van der Waals surface area contributed by atoms with E-state index in [4.69, 9.17) is 12.6 Å². The molecular formula is C8H9S3. The van der Waals surface area contributed by atoms with Gasteiger partial charge in [-0.3, -0.25) is 0 Å². The SMILES string of the molecule is CSc1ccc(SC)c([S])c1. The summed E-state index contributed by atoms with van der Waals surface area (Å²) in [4.78, 5) is 3.40. The quantitative estimate of drug-likeness (QED) is 0.669. The van der Waals surface area contributed by atoms with Crippen molar-refractivity contribution in [2.45, 2.75) is 14.7 Å². The Morgan fingerprint density at radius 3 is 2.36 bits per heavy atom. The maximum atomic E-state index is 5.17. The highest BCUT2D eigenvalue weighted by molar-refractivity contribution is 7.99. The van der Waals surface area contributed by atoms with Crippen LogP contribution < -0.4 is 0 Å². The smallest absolute Gasteiger partial charge is 0.0523 e. The third-order valence-electron chi connectivity index (χ3n) is 1.37. The van der Waals surface area contributed by atoms with E-state index in [-0.39, 0.29) is 0 Å². The molecule has 0 unspecified atom stereocenters. The third-order valence-corrected chi connectivity index (χ3v) is 3.36. The fourth-order valence-corrected chi connectivity index (χ4v) is 2.21. The Morgan fingerprint density at radius 1 is 1.18 bits per heavy atom. The first-order valence-corrected chi connectivity index (χ1v) is 6.02. The summed E-state index contributed by atoms with van der Waals surface area (Å²) in [6.45, 7) is 0. The van der Waals surface area contributed by atoms with Gasteiger partial charge in [-0.05, 0) is 30.7 Å².